The monoisotopic (exact) mass is 270 g/mol. The molecule has 0 unspecified atom stereocenters. The predicted octanol–water partition coefficient (Wildman–Crippen LogP) is 0.462. The first kappa shape index (κ1) is 16.2. The van der Waals surface area contributed by atoms with Crippen LogP contribution in [-0.4, -0.2) is 76.9 Å². The molecule has 0 heterocycles. The van der Waals surface area contributed by atoms with Crippen molar-refractivity contribution in [3.8, 4) is 0 Å². The fraction of sp³-hybridized carbons (Fsp3) is 0.222. The van der Waals surface area contributed by atoms with Crippen molar-refractivity contribution in [2.45, 2.75) is 11.8 Å². The Kier molecular flexibility index (Phi) is 6.95. The first-order valence-corrected chi connectivity index (χ1v) is 5.64. The van der Waals surface area contributed by atoms with E-state index in [9.17, 15) is 13.2 Å². The number of carbonyl (C=O) groups is 1. The first-order valence-electron chi connectivity index (χ1n) is 4.20. The summed E-state index contributed by atoms with van der Waals surface area (Å²) >= 11 is 0. The Balaban J connectivity index is 0.00000225. The molecule has 0 atom stereocenters. The van der Waals surface area contributed by atoms with Crippen molar-refractivity contribution >= 4 is 67.5 Å². The second-order valence-electron chi connectivity index (χ2n) is 2.72. The summed E-state index contributed by atoms with van der Waals surface area (Å²) in [6.07, 6.45) is 0. The summed E-state index contributed by atoms with van der Waals surface area (Å²) in [6, 6.07) is 4.84. The van der Waals surface area contributed by atoms with Crippen molar-refractivity contribution in [3.05, 3.63) is 29.8 Å². The van der Waals surface area contributed by atoms with Gasteiger partial charge in [0.05, 0.1) is 17.1 Å². The molecule has 1 aromatic rings. The fourth-order valence-corrected chi connectivity index (χ4v) is 1.46. The van der Waals surface area contributed by atoms with E-state index in [1.165, 1.54) is 12.1 Å². The molecular formula is C9H11KO5S. The van der Waals surface area contributed by atoms with Gasteiger partial charge < -0.3 is 4.74 Å². The van der Waals surface area contributed by atoms with Gasteiger partial charge in [0.1, 0.15) is 0 Å². The molecular weight excluding hydrogens is 259 g/mol. The maximum absolute atomic E-state index is 11.2. The number of esters is 1. The first-order chi connectivity index (χ1) is 6.95. The standard InChI is InChI=1S/C9H10O5S.K.H/c1-2-14-9(10)7-3-5-8(6-4-7)15(11,12)13;;/h3-6H,2H2,1H3,(H,11,12,13);;. The number of hydrogen-bond acceptors (Lipinski definition) is 4. The van der Waals surface area contributed by atoms with Crippen LogP contribution in [0.4, 0.5) is 0 Å². The second-order valence-corrected chi connectivity index (χ2v) is 4.14. The zero-order valence-electron chi connectivity index (χ0n) is 8.00. The Bertz CT molecular complexity index is 451. The summed E-state index contributed by atoms with van der Waals surface area (Å²) in [6.45, 7) is 1.92. The molecule has 0 radical (unpaired) electrons. The number of carbonyl (C=O) groups excluding carboxylic acids is 1. The van der Waals surface area contributed by atoms with Gasteiger partial charge in [0, 0.05) is 0 Å². The molecule has 84 valence electrons. The zero-order chi connectivity index (χ0) is 11.5. The van der Waals surface area contributed by atoms with Crippen molar-refractivity contribution in [2.75, 3.05) is 6.61 Å². The molecule has 0 spiro atoms. The van der Waals surface area contributed by atoms with Crippen molar-refractivity contribution in [1.82, 2.24) is 0 Å². The molecule has 1 aromatic carbocycles. The normalized spacial score (nSPS) is 10.4. The van der Waals surface area contributed by atoms with E-state index in [0.29, 0.717) is 0 Å². The minimum atomic E-state index is -4.21. The van der Waals surface area contributed by atoms with Crippen molar-refractivity contribution in [3.63, 3.8) is 0 Å². The average molecular weight is 270 g/mol. The SMILES string of the molecule is CCOC(=O)c1ccc(S(=O)(=O)O)cc1.[KH]. The van der Waals surface area contributed by atoms with Crippen LogP contribution in [0.1, 0.15) is 17.3 Å². The van der Waals surface area contributed by atoms with Crippen molar-refractivity contribution in [2.24, 2.45) is 0 Å². The van der Waals surface area contributed by atoms with Crippen LogP contribution in [0, 0.1) is 0 Å². The molecule has 0 aliphatic rings. The zero-order valence-corrected chi connectivity index (χ0v) is 8.82. The second kappa shape index (κ2) is 6.85. The molecule has 0 saturated heterocycles. The van der Waals surface area contributed by atoms with Crippen LogP contribution in [0.15, 0.2) is 29.2 Å². The van der Waals surface area contributed by atoms with Crippen molar-refractivity contribution < 1.29 is 22.5 Å². The van der Waals surface area contributed by atoms with Crippen LogP contribution in [0.2, 0.25) is 0 Å². The molecule has 0 aromatic heterocycles. The molecule has 0 amide bonds. The van der Waals surface area contributed by atoms with Gasteiger partial charge in [0.2, 0.25) is 0 Å². The Morgan fingerprint density at radius 1 is 1.31 bits per heavy atom. The topological polar surface area (TPSA) is 80.7 Å². The molecule has 0 saturated carbocycles. The van der Waals surface area contributed by atoms with E-state index in [1.54, 1.807) is 6.92 Å². The van der Waals surface area contributed by atoms with Gasteiger partial charge in [0.15, 0.2) is 0 Å². The van der Waals surface area contributed by atoms with Gasteiger partial charge in [-0.25, -0.2) is 4.79 Å². The van der Waals surface area contributed by atoms with Crippen LogP contribution in [0.5, 0.6) is 0 Å². The van der Waals surface area contributed by atoms with Gasteiger partial charge in [-0.3, -0.25) is 4.55 Å². The van der Waals surface area contributed by atoms with Gasteiger partial charge in [-0.15, -0.1) is 0 Å². The van der Waals surface area contributed by atoms with E-state index in [1.807, 2.05) is 0 Å². The molecule has 7 heteroatoms. The third-order valence-corrected chi connectivity index (χ3v) is 2.53. The molecule has 1 N–H and O–H groups in total. The quantitative estimate of drug-likeness (QED) is 0.490. The number of hydrogen-bond donors (Lipinski definition) is 1. The van der Waals surface area contributed by atoms with Gasteiger partial charge >= 0.3 is 57.4 Å². The molecule has 1 rings (SSSR count). The maximum atomic E-state index is 11.2. The van der Waals surface area contributed by atoms with E-state index in [4.69, 9.17) is 9.29 Å². The average Bonchev–Trinajstić information content (AvgIpc) is 2.17. The van der Waals surface area contributed by atoms with E-state index >= 15 is 0 Å². The summed E-state index contributed by atoms with van der Waals surface area (Å²) in [5, 5.41) is 0. The predicted molar refractivity (Wildman–Crippen MR) is 59.4 cm³/mol. The van der Waals surface area contributed by atoms with E-state index in [2.05, 4.69) is 0 Å². The van der Waals surface area contributed by atoms with Crippen LogP contribution in [0.25, 0.3) is 0 Å². The summed E-state index contributed by atoms with van der Waals surface area (Å²) in [4.78, 5) is 10.9. The molecule has 5 nitrogen and oxygen atoms in total. The van der Waals surface area contributed by atoms with Gasteiger partial charge in [-0.2, -0.15) is 8.42 Å². The molecule has 0 bridgehead atoms. The number of rotatable bonds is 3. The third kappa shape index (κ3) is 4.62. The summed E-state index contributed by atoms with van der Waals surface area (Å²) in [5.41, 5.74) is 0.240. The Morgan fingerprint density at radius 2 is 1.81 bits per heavy atom. The van der Waals surface area contributed by atoms with E-state index in [-0.39, 0.29) is 68.5 Å². The summed E-state index contributed by atoms with van der Waals surface area (Å²) < 4.78 is 34.7. The Labute approximate surface area is 136 Å². The number of ether oxygens (including phenoxy) is 1. The third-order valence-electron chi connectivity index (χ3n) is 1.66. The Morgan fingerprint density at radius 3 is 2.19 bits per heavy atom. The van der Waals surface area contributed by atoms with Crippen LogP contribution in [-0.2, 0) is 14.9 Å². The van der Waals surface area contributed by atoms with Crippen LogP contribution in [0.3, 0.4) is 0 Å². The Hall–Kier alpha value is 0.236. The van der Waals surface area contributed by atoms with Gasteiger partial charge in [-0.1, -0.05) is 0 Å². The van der Waals surface area contributed by atoms with Gasteiger partial charge in [-0.05, 0) is 31.2 Å². The van der Waals surface area contributed by atoms with Crippen LogP contribution < -0.4 is 0 Å². The molecule has 16 heavy (non-hydrogen) atoms. The van der Waals surface area contributed by atoms with Crippen LogP contribution >= 0.6 is 0 Å². The van der Waals surface area contributed by atoms with Crippen molar-refractivity contribution in [1.29, 1.82) is 0 Å². The molecule has 0 aliphatic heterocycles. The minimum absolute atomic E-state index is 0. The number of benzene rings is 1. The van der Waals surface area contributed by atoms with Gasteiger partial charge in [0.25, 0.3) is 10.1 Å². The summed E-state index contributed by atoms with van der Waals surface area (Å²) in [5.74, 6) is -0.528. The fourth-order valence-electron chi connectivity index (χ4n) is 0.977. The van der Waals surface area contributed by atoms with E-state index < -0.39 is 16.1 Å². The summed E-state index contributed by atoms with van der Waals surface area (Å²) in [7, 11) is -4.21. The molecule has 0 fully saturated rings. The van der Waals surface area contributed by atoms with E-state index in [0.717, 1.165) is 12.1 Å². The molecule has 0 aliphatic carbocycles.